The van der Waals surface area contributed by atoms with E-state index in [4.69, 9.17) is 4.55 Å². The number of nitrogens with zero attached hydrogens (tertiary/aromatic N) is 1. The van der Waals surface area contributed by atoms with Gasteiger partial charge in [0.05, 0.1) is 5.36 Å². The maximum atomic E-state index is 11.0. The van der Waals surface area contributed by atoms with Crippen molar-refractivity contribution in [2.45, 2.75) is 4.20 Å². The van der Waals surface area contributed by atoms with Crippen molar-refractivity contribution in [3.63, 3.8) is 0 Å². The Bertz CT molecular complexity index is 556. The third-order valence-electron chi connectivity index (χ3n) is 1.94. The summed E-state index contributed by atoms with van der Waals surface area (Å²) in [4.78, 5) is 3.83. The molecule has 0 amide bonds. The Balaban J connectivity index is 2.77. The van der Waals surface area contributed by atoms with E-state index in [0.717, 1.165) is 0 Å². The molecule has 6 heteroatoms. The molecule has 4 nitrogen and oxygen atoms in total. The Hall–Kier alpha value is -0.850. The van der Waals surface area contributed by atoms with E-state index >= 15 is 0 Å². The number of thiol groups is 1. The summed E-state index contributed by atoms with van der Waals surface area (Å²) in [7, 11) is -4.33. The molecule has 0 fully saturated rings. The van der Waals surface area contributed by atoms with Crippen LogP contribution in [0, 0.1) is 0 Å². The van der Waals surface area contributed by atoms with E-state index in [1.807, 2.05) is 0 Å². The van der Waals surface area contributed by atoms with E-state index in [0.29, 0.717) is 10.6 Å². The molecule has 2 rings (SSSR count). The molecular formula is C8H7NO3S2. The van der Waals surface area contributed by atoms with Crippen LogP contribution in [0.5, 0.6) is 0 Å². The van der Waals surface area contributed by atoms with E-state index in [2.05, 4.69) is 17.6 Å². The van der Waals surface area contributed by atoms with E-state index in [1.54, 1.807) is 24.3 Å². The summed E-state index contributed by atoms with van der Waals surface area (Å²) in [6.45, 7) is 0. The quantitative estimate of drug-likeness (QED) is 0.507. The minimum absolute atomic E-state index is 0.514. The van der Waals surface area contributed by atoms with Crippen molar-refractivity contribution in [1.82, 2.24) is 0 Å². The Labute approximate surface area is 86.1 Å². The number of hydrogen-bond acceptors (Lipinski definition) is 4. The summed E-state index contributed by atoms with van der Waals surface area (Å²) in [6, 6.07) is 6.87. The van der Waals surface area contributed by atoms with Crippen LogP contribution in [-0.2, 0) is 10.1 Å². The fraction of sp³-hybridized carbons (Fsp3) is 0.125. The highest BCUT2D eigenvalue weighted by Crippen LogP contribution is 2.25. The monoisotopic (exact) mass is 229 g/mol. The molecule has 1 aliphatic rings. The zero-order chi connectivity index (χ0) is 10.4. The Morgan fingerprint density at radius 3 is 2.57 bits per heavy atom. The first-order chi connectivity index (χ1) is 6.42. The lowest BCUT2D eigenvalue weighted by Gasteiger charge is -2.11. The number of hydrogen-bond donors (Lipinski definition) is 2. The lowest BCUT2D eigenvalue weighted by molar-refractivity contribution is 0.474. The van der Waals surface area contributed by atoms with E-state index in [1.165, 1.54) is 6.08 Å². The molecule has 1 aromatic rings. The SMILES string of the molecule is O=S(=O)(O)C1(S)C=c2ccccc2=N1. The van der Waals surface area contributed by atoms with Crippen LogP contribution < -0.4 is 10.6 Å². The number of para-hydroxylation sites is 1. The molecule has 1 N–H and O–H groups in total. The van der Waals surface area contributed by atoms with Crippen LogP contribution in [0.25, 0.3) is 6.08 Å². The fourth-order valence-corrected chi connectivity index (χ4v) is 1.99. The lowest BCUT2D eigenvalue weighted by atomic mass is 10.3. The molecular weight excluding hydrogens is 222 g/mol. The van der Waals surface area contributed by atoms with Crippen LogP contribution in [0.1, 0.15) is 0 Å². The van der Waals surface area contributed by atoms with Crippen LogP contribution in [-0.4, -0.2) is 17.2 Å². The van der Waals surface area contributed by atoms with Crippen molar-refractivity contribution in [2.24, 2.45) is 4.99 Å². The molecule has 74 valence electrons. The van der Waals surface area contributed by atoms with Crippen molar-refractivity contribution in [2.75, 3.05) is 0 Å². The van der Waals surface area contributed by atoms with E-state index in [-0.39, 0.29) is 0 Å². The second-order valence-corrected chi connectivity index (χ2v) is 5.51. The van der Waals surface area contributed by atoms with E-state index < -0.39 is 14.3 Å². The van der Waals surface area contributed by atoms with Crippen LogP contribution >= 0.6 is 12.6 Å². The topological polar surface area (TPSA) is 66.7 Å². The zero-order valence-corrected chi connectivity index (χ0v) is 8.66. The summed E-state index contributed by atoms with van der Waals surface area (Å²) < 4.78 is 29.0. The highest BCUT2D eigenvalue weighted by atomic mass is 32.3. The average Bonchev–Trinajstić information content (AvgIpc) is 2.40. The van der Waals surface area contributed by atoms with Gasteiger partial charge in [0.1, 0.15) is 0 Å². The minimum Gasteiger partial charge on any atom is -0.283 e. The Morgan fingerprint density at radius 1 is 1.36 bits per heavy atom. The van der Waals surface area contributed by atoms with Gasteiger partial charge in [0.25, 0.3) is 0 Å². The van der Waals surface area contributed by atoms with Crippen LogP contribution in [0.4, 0.5) is 0 Å². The second kappa shape index (κ2) is 2.82. The van der Waals surface area contributed by atoms with Gasteiger partial charge in [-0.05, 0) is 12.1 Å². The number of rotatable bonds is 1. The van der Waals surface area contributed by atoms with Gasteiger partial charge in [0, 0.05) is 5.22 Å². The first kappa shape index (κ1) is 9.70. The molecule has 0 aromatic heterocycles. The lowest BCUT2D eigenvalue weighted by Crippen LogP contribution is -2.26. The normalized spacial score (nSPS) is 25.0. The molecule has 0 saturated heterocycles. The maximum Gasteiger partial charge on any atom is 0.304 e. The van der Waals surface area contributed by atoms with Gasteiger partial charge in [-0.3, -0.25) is 4.55 Å². The third kappa shape index (κ3) is 1.35. The second-order valence-electron chi connectivity index (χ2n) is 2.95. The zero-order valence-electron chi connectivity index (χ0n) is 6.95. The smallest absolute Gasteiger partial charge is 0.283 e. The molecule has 1 unspecified atom stereocenters. The molecule has 0 bridgehead atoms. The van der Waals surface area contributed by atoms with Gasteiger partial charge in [-0.2, -0.15) is 8.42 Å². The standard InChI is InChI=1S/C8H7NO3S2/c10-14(11,12)8(13)5-6-3-1-2-4-7(6)9-8/h1-5,13H,(H,10,11,12). The van der Waals surface area contributed by atoms with Gasteiger partial charge in [0.15, 0.2) is 0 Å². The first-order valence-corrected chi connectivity index (χ1v) is 5.68. The van der Waals surface area contributed by atoms with Crippen LogP contribution in [0.2, 0.25) is 0 Å². The van der Waals surface area contributed by atoms with Gasteiger partial charge >= 0.3 is 10.1 Å². The van der Waals surface area contributed by atoms with Crippen molar-refractivity contribution in [3.8, 4) is 0 Å². The fourth-order valence-electron chi connectivity index (χ4n) is 1.25. The van der Waals surface area contributed by atoms with Crippen LogP contribution in [0.3, 0.4) is 0 Å². The Kier molecular flexibility index (Phi) is 1.95. The average molecular weight is 229 g/mol. The van der Waals surface area contributed by atoms with Gasteiger partial charge in [-0.15, -0.1) is 12.6 Å². The summed E-state index contributed by atoms with van der Waals surface area (Å²) in [6.07, 6.45) is 1.31. The van der Waals surface area contributed by atoms with Gasteiger partial charge in [0.2, 0.25) is 4.20 Å². The van der Waals surface area contributed by atoms with Crippen molar-refractivity contribution >= 4 is 28.8 Å². The molecule has 0 radical (unpaired) electrons. The molecule has 1 aliphatic heterocycles. The summed E-state index contributed by atoms with van der Waals surface area (Å²) in [5.41, 5.74) is 0. The van der Waals surface area contributed by atoms with Gasteiger partial charge < -0.3 is 0 Å². The molecule has 1 heterocycles. The van der Waals surface area contributed by atoms with Crippen molar-refractivity contribution in [3.05, 3.63) is 34.8 Å². The predicted molar refractivity (Wildman–Crippen MR) is 55.0 cm³/mol. The predicted octanol–water partition coefficient (Wildman–Crippen LogP) is -0.428. The van der Waals surface area contributed by atoms with Crippen LogP contribution in [0.15, 0.2) is 29.3 Å². The molecule has 14 heavy (non-hydrogen) atoms. The summed E-state index contributed by atoms with van der Waals surface area (Å²) in [5.74, 6) is 0. The van der Waals surface area contributed by atoms with E-state index in [9.17, 15) is 8.42 Å². The summed E-state index contributed by atoms with van der Waals surface area (Å²) >= 11 is 3.85. The minimum atomic E-state index is -4.33. The molecule has 1 aromatic carbocycles. The van der Waals surface area contributed by atoms with Gasteiger partial charge in [-0.25, -0.2) is 4.99 Å². The molecule has 0 saturated carbocycles. The first-order valence-electron chi connectivity index (χ1n) is 3.80. The number of benzene rings is 1. The molecule has 0 spiro atoms. The highest BCUT2D eigenvalue weighted by Gasteiger charge is 2.38. The van der Waals surface area contributed by atoms with Crippen molar-refractivity contribution < 1.29 is 13.0 Å². The molecule has 1 atom stereocenters. The van der Waals surface area contributed by atoms with Crippen molar-refractivity contribution in [1.29, 1.82) is 0 Å². The molecule has 0 aliphatic carbocycles. The van der Waals surface area contributed by atoms with Gasteiger partial charge in [-0.1, -0.05) is 18.2 Å². The largest absolute Gasteiger partial charge is 0.304 e. The highest BCUT2D eigenvalue weighted by molar-refractivity contribution is 8.03. The summed E-state index contributed by atoms with van der Waals surface area (Å²) in [5, 5.41) is 1.17. The third-order valence-corrected chi connectivity index (χ3v) is 3.83. The number of fused-ring (bicyclic) bond motifs is 1. The Morgan fingerprint density at radius 2 is 2.00 bits per heavy atom. The maximum absolute atomic E-state index is 11.0.